The van der Waals surface area contributed by atoms with Crippen LogP contribution in [0, 0.1) is 12.3 Å². The van der Waals surface area contributed by atoms with Crippen molar-refractivity contribution in [3.8, 4) is 29.6 Å². The van der Waals surface area contributed by atoms with E-state index < -0.39 is 6.04 Å². The SMILES string of the molecule is C#CCNC(=O)C(C)Nc1cc(OC)c(OC)c(OC)c1. The first kappa shape index (κ1) is 16.5. The number of carbonyl (C=O) groups is 1. The molecule has 21 heavy (non-hydrogen) atoms. The molecule has 1 unspecified atom stereocenters. The Kier molecular flexibility index (Phi) is 6.21. The molecule has 6 heteroatoms. The average Bonchev–Trinajstić information content (AvgIpc) is 2.51. The van der Waals surface area contributed by atoms with Gasteiger partial charge in [-0.15, -0.1) is 6.42 Å². The van der Waals surface area contributed by atoms with Crippen LogP contribution in [0.25, 0.3) is 0 Å². The molecule has 0 saturated carbocycles. The molecule has 0 heterocycles. The lowest BCUT2D eigenvalue weighted by Crippen LogP contribution is -2.37. The highest BCUT2D eigenvalue weighted by Crippen LogP contribution is 2.40. The van der Waals surface area contributed by atoms with Gasteiger partial charge in [-0.05, 0) is 6.92 Å². The maximum Gasteiger partial charge on any atom is 0.242 e. The zero-order valence-electron chi connectivity index (χ0n) is 12.6. The fraction of sp³-hybridized carbons (Fsp3) is 0.400. The number of methoxy groups -OCH3 is 3. The maximum atomic E-state index is 11.8. The Hall–Kier alpha value is -2.55. The number of rotatable bonds is 7. The summed E-state index contributed by atoms with van der Waals surface area (Å²) >= 11 is 0. The van der Waals surface area contributed by atoms with Gasteiger partial charge in [0.1, 0.15) is 6.04 Å². The predicted octanol–water partition coefficient (Wildman–Crippen LogP) is 1.26. The molecule has 0 bridgehead atoms. The minimum absolute atomic E-state index is 0.193. The Bertz CT molecular complexity index is 512. The van der Waals surface area contributed by atoms with Gasteiger partial charge in [-0.3, -0.25) is 4.79 Å². The number of terminal acetylenes is 1. The highest BCUT2D eigenvalue weighted by molar-refractivity contribution is 5.84. The fourth-order valence-corrected chi connectivity index (χ4v) is 1.77. The van der Waals surface area contributed by atoms with Crippen LogP contribution in [0.15, 0.2) is 12.1 Å². The van der Waals surface area contributed by atoms with E-state index in [1.54, 1.807) is 19.1 Å². The summed E-state index contributed by atoms with van der Waals surface area (Å²) in [7, 11) is 4.59. The van der Waals surface area contributed by atoms with E-state index in [0.29, 0.717) is 22.9 Å². The van der Waals surface area contributed by atoms with E-state index >= 15 is 0 Å². The molecule has 0 radical (unpaired) electrons. The summed E-state index contributed by atoms with van der Waals surface area (Å²) in [6.07, 6.45) is 5.11. The molecule has 0 aliphatic carbocycles. The van der Waals surface area contributed by atoms with Crippen LogP contribution < -0.4 is 24.8 Å². The van der Waals surface area contributed by atoms with Crippen LogP contribution in [-0.4, -0.2) is 39.8 Å². The second-order valence-electron chi connectivity index (χ2n) is 4.20. The summed E-state index contributed by atoms with van der Waals surface area (Å²) in [4.78, 5) is 11.8. The zero-order chi connectivity index (χ0) is 15.8. The Morgan fingerprint density at radius 2 is 1.81 bits per heavy atom. The first-order valence-corrected chi connectivity index (χ1v) is 6.35. The van der Waals surface area contributed by atoms with Gasteiger partial charge in [-0.1, -0.05) is 5.92 Å². The maximum absolute atomic E-state index is 11.8. The van der Waals surface area contributed by atoms with Gasteiger partial charge >= 0.3 is 0 Å². The van der Waals surface area contributed by atoms with Crippen LogP contribution in [0.1, 0.15) is 6.92 Å². The first-order chi connectivity index (χ1) is 10.1. The van der Waals surface area contributed by atoms with Gasteiger partial charge in [0, 0.05) is 17.8 Å². The standard InChI is InChI=1S/C15H20N2O4/c1-6-7-16-15(18)10(2)17-11-8-12(19-3)14(21-5)13(9-11)20-4/h1,8-10,17H,7H2,2-5H3,(H,16,18). The van der Waals surface area contributed by atoms with Gasteiger partial charge in [0.15, 0.2) is 11.5 Å². The van der Waals surface area contributed by atoms with Crippen LogP contribution in [0.4, 0.5) is 5.69 Å². The highest BCUT2D eigenvalue weighted by atomic mass is 16.5. The van der Waals surface area contributed by atoms with Crippen LogP contribution >= 0.6 is 0 Å². The molecular weight excluding hydrogens is 272 g/mol. The topological polar surface area (TPSA) is 68.8 Å². The summed E-state index contributed by atoms with van der Waals surface area (Å²) in [5.74, 6) is 3.67. The summed E-state index contributed by atoms with van der Waals surface area (Å²) < 4.78 is 15.7. The lowest BCUT2D eigenvalue weighted by molar-refractivity contribution is -0.121. The molecule has 0 aliphatic heterocycles. The molecular formula is C15H20N2O4. The quantitative estimate of drug-likeness (QED) is 0.741. The van der Waals surface area contributed by atoms with Crippen LogP contribution in [0.2, 0.25) is 0 Å². The van der Waals surface area contributed by atoms with Gasteiger partial charge in [-0.25, -0.2) is 0 Å². The average molecular weight is 292 g/mol. The molecule has 0 aliphatic rings. The van der Waals surface area contributed by atoms with E-state index in [1.165, 1.54) is 21.3 Å². The Balaban J connectivity index is 2.93. The van der Waals surface area contributed by atoms with E-state index in [2.05, 4.69) is 16.6 Å². The fourth-order valence-electron chi connectivity index (χ4n) is 1.77. The third-order valence-electron chi connectivity index (χ3n) is 2.81. The Morgan fingerprint density at radius 3 is 2.24 bits per heavy atom. The van der Waals surface area contributed by atoms with E-state index in [9.17, 15) is 4.79 Å². The van der Waals surface area contributed by atoms with Crippen LogP contribution in [-0.2, 0) is 4.79 Å². The number of anilines is 1. The van der Waals surface area contributed by atoms with Gasteiger partial charge in [0.2, 0.25) is 11.7 Å². The lowest BCUT2D eigenvalue weighted by atomic mass is 10.2. The normalized spacial score (nSPS) is 11.0. The highest BCUT2D eigenvalue weighted by Gasteiger charge is 2.16. The van der Waals surface area contributed by atoms with Crippen molar-refractivity contribution in [1.82, 2.24) is 5.32 Å². The summed E-state index contributed by atoms with van der Waals surface area (Å²) in [5.41, 5.74) is 0.674. The number of ether oxygens (including phenoxy) is 3. The molecule has 1 aromatic rings. The number of hydrogen-bond acceptors (Lipinski definition) is 5. The van der Waals surface area contributed by atoms with Crippen molar-refractivity contribution in [3.63, 3.8) is 0 Å². The van der Waals surface area contributed by atoms with E-state index in [4.69, 9.17) is 20.6 Å². The number of hydrogen-bond donors (Lipinski definition) is 2. The number of nitrogens with one attached hydrogen (secondary N) is 2. The van der Waals surface area contributed by atoms with Gasteiger partial charge < -0.3 is 24.8 Å². The van der Waals surface area contributed by atoms with E-state index in [0.717, 1.165) is 0 Å². The third-order valence-corrected chi connectivity index (χ3v) is 2.81. The second-order valence-corrected chi connectivity index (χ2v) is 4.20. The molecule has 0 saturated heterocycles. The zero-order valence-corrected chi connectivity index (χ0v) is 12.6. The van der Waals surface area contributed by atoms with Crippen molar-refractivity contribution in [1.29, 1.82) is 0 Å². The van der Waals surface area contributed by atoms with Crippen LogP contribution in [0.5, 0.6) is 17.2 Å². The number of amides is 1. The van der Waals surface area contributed by atoms with Crippen molar-refractivity contribution < 1.29 is 19.0 Å². The minimum Gasteiger partial charge on any atom is -0.493 e. The van der Waals surface area contributed by atoms with Crippen molar-refractivity contribution >= 4 is 11.6 Å². The minimum atomic E-state index is -0.457. The molecule has 1 atom stereocenters. The summed E-state index contributed by atoms with van der Waals surface area (Å²) in [5, 5.41) is 5.66. The number of carbonyl (C=O) groups excluding carboxylic acids is 1. The van der Waals surface area contributed by atoms with Crippen molar-refractivity contribution in [3.05, 3.63) is 12.1 Å². The molecule has 0 fully saturated rings. The van der Waals surface area contributed by atoms with Crippen molar-refractivity contribution in [2.24, 2.45) is 0 Å². The van der Waals surface area contributed by atoms with Gasteiger partial charge in [0.05, 0.1) is 27.9 Å². The summed E-state index contributed by atoms with van der Waals surface area (Å²) in [6, 6.07) is 3.00. The predicted molar refractivity (Wildman–Crippen MR) is 81.0 cm³/mol. The summed E-state index contributed by atoms with van der Waals surface area (Å²) in [6.45, 7) is 1.93. The molecule has 0 spiro atoms. The molecule has 6 nitrogen and oxygen atoms in total. The molecule has 1 amide bonds. The first-order valence-electron chi connectivity index (χ1n) is 6.35. The van der Waals surface area contributed by atoms with Gasteiger partial charge in [0.25, 0.3) is 0 Å². The van der Waals surface area contributed by atoms with E-state index in [1.807, 2.05) is 0 Å². The monoisotopic (exact) mass is 292 g/mol. The largest absolute Gasteiger partial charge is 0.493 e. The smallest absolute Gasteiger partial charge is 0.242 e. The van der Waals surface area contributed by atoms with Crippen molar-refractivity contribution in [2.45, 2.75) is 13.0 Å². The lowest BCUT2D eigenvalue weighted by Gasteiger charge is -2.18. The molecule has 114 valence electrons. The molecule has 1 aromatic carbocycles. The molecule has 0 aromatic heterocycles. The van der Waals surface area contributed by atoms with Crippen molar-refractivity contribution in [2.75, 3.05) is 33.2 Å². The Labute approximate surface area is 124 Å². The number of benzene rings is 1. The Morgan fingerprint density at radius 1 is 1.24 bits per heavy atom. The third kappa shape index (κ3) is 4.21. The second kappa shape index (κ2) is 7.90. The molecule has 2 N–H and O–H groups in total. The van der Waals surface area contributed by atoms with E-state index in [-0.39, 0.29) is 12.5 Å². The van der Waals surface area contributed by atoms with Crippen LogP contribution in [0.3, 0.4) is 0 Å². The van der Waals surface area contributed by atoms with Gasteiger partial charge in [-0.2, -0.15) is 0 Å². The molecule has 1 rings (SSSR count).